The molecule has 2 aromatic carbocycles. The molecule has 0 unspecified atom stereocenters. The van der Waals surface area contributed by atoms with Crippen LogP contribution in [-0.2, 0) is 17.9 Å². The summed E-state index contributed by atoms with van der Waals surface area (Å²) in [5, 5.41) is 3.03. The Balaban J connectivity index is 1.44. The molecule has 1 aliphatic rings. The molecule has 0 bridgehead atoms. The monoisotopic (exact) mass is 366 g/mol. The van der Waals surface area contributed by atoms with Crippen molar-refractivity contribution in [3.05, 3.63) is 64.7 Å². The van der Waals surface area contributed by atoms with Crippen LogP contribution in [0.1, 0.15) is 41.5 Å². The average Bonchev–Trinajstić information content (AvgIpc) is 3.17. The molecule has 0 aromatic heterocycles. The van der Waals surface area contributed by atoms with Crippen molar-refractivity contribution in [2.24, 2.45) is 0 Å². The average molecular weight is 367 g/mol. The third kappa shape index (κ3) is 5.83. The largest absolute Gasteiger partial charge is 0.493 e. The van der Waals surface area contributed by atoms with Crippen molar-refractivity contribution in [3.8, 4) is 5.75 Å². The first-order valence-electron chi connectivity index (χ1n) is 9.88. The first kappa shape index (κ1) is 19.4. The van der Waals surface area contributed by atoms with Gasteiger partial charge in [-0.1, -0.05) is 30.3 Å². The van der Waals surface area contributed by atoms with E-state index in [2.05, 4.69) is 42.3 Å². The second-order valence-electron chi connectivity index (χ2n) is 7.37. The van der Waals surface area contributed by atoms with Gasteiger partial charge < -0.3 is 10.1 Å². The summed E-state index contributed by atoms with van der Waals surface area (Å²) in [5.41, 5.74) is 4.96. The first-order valence-corrected chi connectivity index (χ1v) is 9.88. The highest BCUT2D eigenvalue weighted by Crippen LogP contribution is 2.17. The van der Waals surface area contributed by atoms with Crippen LogP contribution in [0.3, 0.4) is 0 Å². The number of rotatable bonds is 8. The van der Waals surface area contributed by atoms with Gasteiger partial charge >= 0.3 is 0 Å². The number of carbonyl (C=O) groups excluding carboxylic acids is 1. The van der Waals surface area contributed by atoms with Crippen molar-refractivity contribution in [2.75, 3.05) is 19.7 Å². The number of amides is 1. The van der Waals surface area contributed by atoms with Crippen LogP contribution in [0.2, 0.25) is 0 Å². The Bertz CT molecular complexity index is 767. The van der Waals surface area contributed by atoms with E-state index in [1.165, 1.54) is 48.2 Å². The second kappa shape index (κ2) is 9.56. The Morgan fingerprint density at radius 2 is 1.78 bits per heavy atom. The standard InChI is InChI=1S/C23H30N2O2/c1-18-9-10-22(15-19(18)2)27-14-11-23(26)24-16-20-7-3-4-8-21(20)17-25-12-5-6-13-25/h3-4,7-10,15H,5-6,11-14,16-17H2,1-2H3,(H,24,26). The van der Waals surface area contributed by atoms with E-state index >= 15 is 0 Å². The van der Waals surface area contributed by atoms with Gasteiger partial charge in [0.25, 0.3) is 0 Å². The fraction of sp³-hybridized carbons (Fsp3) is 0.435. The number of nitrogens with one attached hydrogen (secondary N) is 1. The first-order chi connectivity index (χ1) is 13.1. The lowest BCUT2D eigenvalue weighted by molar-refractivity contribution is -0.121. The van der Waals surface area contributed by atoms with E-state index in [1.807, 2.05) is 24.3 Å². The number of hydrogen-bond donors (Lipinski definition) is 1. The smallest absolute Gasteiger partial charge is 0.223 e. The Morgan fingerprint density at radius 1 is 1.04 bits per heavy atom. The quantitative estimate of drug-likeness (QED) is 0.768. The molecule has 144 valence electrons. The van der Waals surface area contributed by atoms with Crippen molar-refractivity contribution < 1.29 is 9.53 Å². The van der Waals surface area contributed by atoms with Crippen LogP contribution in [0.25, 0.3) is 0 Å². The van der Waals surface area contributed by atoms with Crippen LogP contribution < -0.4 is 10.1 Å². The molecule has 1 saturated heterocycles. The SMILES string of the molecule is Cc1ccc(OCCC(=O)NCc2ccccc2CN2CCCC2)cc1C. The molecule has 0 saturated carbocycles. The van der Waals surface area contributed by atoms with Crippen LogP contribution in [-0.4, -0.2) is 30.5 Å². The number of ether oxygens (including phenoxy) is 1. The summed E-state index contributed by atoms with van der Waals surface area (Å²) in [6.45, 7) is 8.44. The van der Waals surface area contributed by atoms with Gasteiger partial charge in [0.15, 0.2) is 0 Å². The van der Waals surface area contributed by atoms with Gasteiger partial charge in [-0.2, -0.15) is 0 Å². The van der Waals surface area contributed by atoms with Gasteiger partial charge in [0.1, 0.15) is 5.75 Å². The predicted octanol–water partition coefficient (Wildman–Crippen LogP) is 3.98. The summed E-state index contributed by atoms with van der Waals surface area (Å²) in [5.74, 6) is 0.844. The minimum atomic E-state index is 0.0230. The van der Waals surface area contributed by atoms with Crippen molar-refractivity contribution >= 4 is 5.91 Å². The van der Waals surface area contributed by atoms with E-state index in [9.17, 15) is 4.79 Å². The third-order valence-corrected chi connectivity index (χ3v) is 5.26. The normalized spacial score (nSPS) is 14.3. The minimum absolute atomic E-state index is 0.0230. The lowest BCUT2D eigenvalue weighted by Gasteiger charge is -2.17. The number of benzene rings is 2. The van der Waals surface area contributed by atoms with Crippen molar-refractivity contribution in [1.82, 2.24) is 10.2 Å². The van der Waals surface area contributed by atoms with E-state index in [0.717, 1.165) is 12.3 Å². The number of hydrogen-bond acceptors (Lipinski definition) is 3. The van der Waals surface area contributed by atoms with Gasteiger partial charge in [0.2, 0.25) is 5.91 Å². The van der Waals surface area contributed by atoms with E-state index in [0.29, 0.717) is 19.6 Å². The van der Waals surface area contributed by atoms with Crippen molar-refractivity contribution in [1.29, 1.82) is 0 Å². The van der Waals surface area contributed by atoms with E-state index < -0.39 is 0 Å². The van der Waals surface area contributed by atoms with Crippen LogP contribution >= 0.6 is 0 Å². The Morgan fingerprint density at radius 3 is 2.52 bits per heavy atom. The van der Waals surface area contributed by atoms with Crippen LogP contribution in [0.5, 0.6) is 5.75 Å². The van der Waals surface area contributed by atoms with Crippen LogP contribution in [0.4, 0.5) is 0 Å². The van der Waals surface area contributed by atoms with Crippen molar-refractivity contribution in [2.45, 2.75) is 46.2 Å². The molecule has 0 atom stereocenters. The zero-order chi connectivity index (χ0) is 19.1. The van der Waals surface area contributed by atoms with Crippen LogP contribution in [0, 0.1) is 13.8 Å². The lowest BCUT2D eigenvalue weighted by atomic mass is 10.1. The number of nitrogens with zero attached hydrogens (tertiary/aromatic N) is 1. The molecule has 3 rings (SSSR count). The van der Waals surface area contributed by atoms with Gasteiger partial charge in [0.05, 0.1) is 13.0 Å². The molecule has 0 spiro atoms. The third-order valence-electron chi connectivity index (χ3n) is 5.26. The molecule has 1 aliphatic heterocycles. The molecule has 0 radical (unpaired) electrons. The topological polar surface area (TPSA) is 41.6 Å². The van der Waals surface area contributed by atoms with Gasteiger partial charge in [-0.15, -0.1) is 0 Å². The molecular formula is C23H30N2O2. The maximum absolute atomic E-state index is 12.2. The number of likely N-dealkylation sites (tertiary alicyclic amines) is 1. The van der Waals surface area contributed by atoms with Gasteiger partial charge in [-0.25, -0.2) is 0 Å². The number of carbonyl (C=O) groups is 1. The van der Waals surface area contributed by atoms with Gasteiger partial charge in [-0.05, 0) is 74.2 Å². The molecule has 27 heavy (non-hydrogen) atoms. The summed E-state index contributed by atoms with van der Waals surface area (Å²) >= 11 is 0. The molecule has 4 nitrogen and oxygen atoms in total. The molecule has 1 heterocycles. The minimum Gasteiger partial charge on any atom is -0.493 e. The van der Waals surface area contributed by atoms with E-state index in [1.54, 1.807) is 0 Å². The summed E-state index contributed by atoms with van der Waals surface area (Å²) < 4.78 is 5.71. The number of aryl methyl sites for hydroxylation is 2. The molecule has 2 aromatic rings. The van der Waals surface area contributed by atoms with Gasteiger partial charge in [-0.3, -0.25) is 9.69 Å². The van der Waals surface area contributed by atoms with E-state index in [-0.39, 0.29) is 5.91 Å². The summed E-state index contributed by atoms with van der Waals surface area (Å²) in [7, 11) is 0. The summed E-state index contributed by atoms with van der Waals surface area (Å²) in [6.07, 6.45) is 2.94. The lowest BCUT2D eigenvalue weighted by Crippen LogP contribution is -2.26. The maximum Gasteiger partial charge on any atom is 0.223 e. The highest BCUT2D eigenvalue weighted by atomic mass is 16.5. The highest BCUT2D eigenvalue weighted by Gasteiger charge is 2.13. The molecule has 1 amide bonds. The zero-order valence-corrected chi connectivity index (χ0v) is 16.5. The summed E-state index contributed by atoms with van der Waals surface area (Å²) in [4.78, 5) is 14.7. The highest BCUT2D eigenvalue weighted by molar-refractivity contribution is 5.76. The maximum atomic E-state index is 12.2. The van der Waals surface area contributed by atoms with Gasteiger partial charge in [0, 0.05) is 13.1 Å². The predicted molar refractivity (Wildman–Crippen MR) is 109 cm³/mol. The Hall–Kier alpha value is -2.33. The fourth-order valence-corrected chi connectivity index (χ4v) is 3.41. The molecule has 1 N–H and O–H groups in total. The summed E-state index contributed by atoms with van der Waals surface area (Å²) in [6, 6.07) is 14.4. The fourth-order valence-electron chi connectivity index (χ4n) is 3.41. The van der Waals surface area contributed by atoms with E-state index in [4.69, 9.17) is 4.74 Å². The molecule has 4 heteroatoms. The Kier molecular flexibility index (Phi) is 6.88. The van der Waals surface area contributed by atoms with Crippen molar-refractivity contribution in [3.63, 3.8) is 0 Å². The second-order valence-corrected chi connectivity index (χ2v) is 7.37. The van der Waals surface area contributed by atoms with Crippen LogP contribution in [0.15, 0.2) is 42.5 Å². The molecule has 0 aliphatic carbocycles. The zero-order valence-electron chi connectivity index (χ0n) is 16.5. The Labute approximate surface area is 162 Å². The molecule has 1 fully saturated rings. The molecular weight excluding hydrogens is 336 g/mol.